The van der Waals surface area contributed by atoms with Crippen LogP contribution in [0, 0.1) is 22.7 Å². The molecule has 3 heteroatoms. The molecule has 0 aliphatic rings. The number of rotatable bonds is 5. The Balaban J connectivity index is 3.71. The van der Waals surface area contributed by atoms with Gasteiger partial charge in [-0.3, -0.25) is 4.79 Å². The second-order valence-corrected chi connectivity index (χ2v) is 4.70. The first-order valence-electron chi connectivity index (χ1n) is 5.05. The first-order chi connectivity index (χ1) is 6.37. The van der Waals surface area contributed by atoms with Crippen LogP contribution in [0.1, 0.15) is 40.5 Å². The molecule has 0 bridgehead atoms. The second kappa shape index (κ2) is 5.64. The van der Waals surface area contributed by atoms with E-state index >= 15 is 0 Å². The van der Waals surface area contributed by atoms with E-state index in [9.17, 15) is 4.79 Å². The minimum atomic E-state index is -0.465. The largest absolute Gasteiger partial charge is 0.355 e. The lowest BCUT2D eigenvalue weighted by atomic mass is 9.96. The molecule has 0 atom stereocenters. The maximum absolute atomic E-state index is 11.3. The first-order valence-corrected chi connectivity index (χ1v) is 5.05. The van der Waals surface area contributed by atoms with Crippen LogP contribution in [0.4, 0.5) is 0 Å². The third-order valence-corrected chi connectivity index (χ3v) is 1.98. The van der Waals surface area contributed by atoms with Crippen molar-refractivity contribution in [1.82, 2.24) is 5.32 Å². The van der Waals surface area contributed by atoms with Crippen molar-refractivity contribution in [2.75, 3.05) is 6.54 Å². The molecule has 0 heterocycles. The standard InChI is InChI=1S/C11H20N2O/c1-9(2)5-6-10(14)13-8-11(3,4)7-12/h9H,5-6,8H2,1-4H3,(H,13,14). The topological polar surface area (TPSA) is 52.9 Å². The fourth-order valence-corrected chi connectivity index (χ4v) is 0.867. The van der Waals surface area contributed by atoms with E-state index in [2.05, 4.69) is 25.2 Å². The molecular weight excluding hydrogens is 176 g/mol. The Bertz CT molecular complexity index is 226. The lowest BCUT2D eigenvalue weighted by Crippen LogP contribution is -2.33. The van der Waals surface area contributed by atoms with E-state index in [-0.39, 0.29) is 5.91 Å². The maximum Gasteiger partial charge on any atom is 0.220 e. The van der Waals surface area contributed by atoms with E-state index < -0.39 is 5.41 Å². The van der Waals surface area contributed by atoms with E-state index in [1.807, 2.05) is 13.8 Å². The fourth-order valence-electron chi connectivity index (χ4n) is 0.867. The predicted molar refractivity (Wildman–Crippen MR) is 56.5 cm³/mol. The van der Waals surface area contributed by atoms with Crippen LogP contribution in [0.5, 0.6) is 0 Å². The summed E-state index contributed by atoms with van der Waals surface area (Å²) in [6.45, 7) is 8.24. The molecule has 0 fully saturated rings. The van der Waals surface area contributed by atoms with Gasteiger partial charge in [0.15, 0.2) is 0 Å². The SMILES string of the molecule is CC(C)CCC(=O)NCC(C)(C)C#N. The Hall–Kier alpha value is -1.04. The third kappa shape index (κ3) is 6.47. The van der Waals surface area contributed by atoms with Crippen LogP contribution in [0.2, 0.25) is 0 Å². The summed E-state index contributed by atoms with van der Waals surface area (Å²) < 4.78 is 0. The predicted octanol–water partition coefficient (Wildman–Crippen LogP) is 2.09. The number of nitrogens with zero attached hydrogens (tertiary/aromatic N) is 1. The van der Waals surface area contributed by atoms with Gasteiger partial charge in [-0.05, 0) is 26.2 Å². The second-order valence-electron chi connectivity index (χ2n) is 4.70. The number of amides is 1. The van der Waals surface area contributed by atoms with Crippen molar-refractivity contribution < 1.29 is 4.79 Å². The highest BCUT2D eigenvalue weighted by Gasteiger charge is 2.17. The molecule has 80 valence electrons. The highest BCUT2D eigenvalue weighted by atomic mass is 16.1. The Morgan fingerprint density at radius 1 is 1.50 bits per heavy atom. The molecule has 0 aromatic rings. The molecule has 0 saturated heterocycles. The van der Waals surface area contributed by atoms with Gasteiger partial charge < -0.3 is 5.32 Å². The van der Waals surface area contributed by atoms with Crippen LogP contribution >= 0.6 is 0 Å². The molecule has 0 aromatic carbocycles. The van der Waals surface area contributed by atoms with Gasteiger partial charge in [-0.15, -0.1) is 0 Å². The minimum absolute atomic E-state index is 0.0435. The molecule has 3 nitrogen and oxygen atoms in total. The smallest absolute Gasteiger partial charge is 0.220 e. The normalized spacial score (nSPS) is 11.1. The summed E-state index contributed by atoms with van der Waals surface area (Å²) in [5.41, 5.74) is -0.465. The Morgan fingerprint density at radius 3 is 2.50 bits per heavy atom. The van der Waals surface area contributed by atoms with Gasteiger partial charge in [-0.2, -0.15) is 5.26 Å². The van der Waals surface area contributed by atoms with Crippen molar-refractivity contribution in [3.63, 3.8) is 0 Å². The molecule has 0 aliphatic carbocycles. The molecule has 0 unspecified atom stereocenters. The van der Waals surface area contributed by atoms with Crippen LogP contribution in [0.25, 0.3) is 0 Å². The molecule has 0 saturated carbocycles. The summed E-state index contributed by atoms with van der Waals surface area (Å²) in [6, 6.07) is 2.15. The van der Waals surface area contributed by atoms with Gasteiger partial charge >= 0.3 is 0 Å². The number of nitrogens with one attached hydrogen (secondary N) is 1. The molecule has 1 N–H and O–H groups in total. The Labute approximate surface area is 86.5 Å². The molecule has 0 aliphatic heterocycles. The maximum atomic E-state index is 11.3. The monoisotopic (exact) mass is 196 g/mol. The van der Waals surface area contributed by atoms with Crippen molar-refractivity contribution >= 4 is 5.91 Å². The molecule has 0 rings (SSSR count). The Morgan fingerprint density at radius 2 is 2.07 bits per heavy atom. The zero-order chi connectivity index (χ0) is 11.2. The average molecular weight is 196 g/mol. The lowest BCUT2D eigenvalue weighted by molar-refractivity contribution is -0.121. The molecule has 0 aromatic heterocycles. The van der Waals surface area contributed by atoms with Crippen LogP contribution < -0.4 is 5.32 Å². The van der Waals surface area contributed by atoms with Gasteiger partial charge in [0.1, 0.15) is 0 Å². The molecular formula is C11H20N2O. The lowest BCUT2D eigenvalue weighted by Gasteiger charge is -2.15. The van der Waals surface area contributed by atoms with Crippen LogP contribution in [-0.2, 0) is 4.79 Å². The van der Waals surface area contributed by atoms with Crippen LogP contribution in [0.3, 0.4) is 0 Å². The van der Waals surface area contributed by atoms with Crippen molar-refractivity contribution in [3.8, 4) is 6.07 Å². The van der Waals surface area contributed by atoms with E-state index in [1.165, 1.54) is 0 Å². The van der Waals surface area contributed by atoms with E-state index in [4.69, 9.17) is 5.26 Å². The van der Waals surface area contributed by atoms with Gasteiger partial charge in [0.25, 0.3) is 0 Å². The van der Waals surface area contributed by atoms with E-state index in [1.54, 1.807) is 0 Å². The Kier molecular flexibility index (Phi) is 5.22. The van der Waals surface area contributed by atoms with Crippen LogP contribution in [0.15, 0.2) is 0 Å². The quantitative estimate of drug-likeness (QED) is 0.732. The first kappa shape index (κ1) is 13.0. The number of nitriles is 1. The van der Waals surface area contributed by atoms with Crippen molar-refractivity contribution in [2.45, 2.75) is 40.5 Å². The van der Waals surface area contributed by atoms with E-state index in [0.29, 0.717) is 18.9 Å². The molecule has 0 radical (unpaired) electrons. The highest BCUT2D eigenvalue weighted by molar-refractivity contribution is 5.75. The zero-order valence-corrected chi connectivity index (χ0v) is 9.55. The number of hydrogen-bond donors (Lipinski definition) is 1. The van der Waals surface area contributed by atoms with Crippen molar-refractivity contribution in [2.24, 2.45) is 11.3 Å². The zero-order valence-electron chi connectivity index (χ0n) is 9.55. The number of carbonyl (C=O) groups is 1. The molecule has 1 amide bonds. The summed E-state index contributed by atoms with van der Waals surface area (Å²) in [5, 5.41) is 11.5. The number of hydrogen-bond acceptors (Lipinski definition) is 2. The minimum Gasteiger partial charge on any atom is -0.355 e. The van der Waals surface area contributed by atoms with Gasteiger partial charge in [-0.25, -0.2) is 0 Å². The molecule has 14 heavy (non-hydrogen) atoms. The van der Waals surface area contributed by atoms with Gasteiger partial charge in [0, 0.05) is 13.0 Å². The molecule has 0 spiro atoms. The summed E-state index contributed by atoms with van der Waals surface area (Å²) >= 11 is 0. The van der Waals surface area contributed by atoms with E-state index in [0.717, 1.165) is 6.42 Å². The van der Waals surface area contributed by atoms with Crippen LogP contribution in [-0.4, -0.2) is 12.5 Å². The summed E-state index contributed by atoms with van der Waals surface area (Å²) in [7, 11) is 0. The fraction of sp³-hybridized carbons (Fsp3) is 0.818. The van der Waals surface area contributed by atoms with Gasteiger partial charge in [0.2, 0.25) is 5.91 Å². The van der Waals surface area contributed by atoms with Gasteiger partial charge in [0.05, 0.1) is 11.5 Å². The summed E-state index contributed by atoms with van der Waals surface area (Å²) in [5.74, 6) is 0.590. The number of carbonyl (C=O) groups excluding carboxylic acids is 1. The third-order valence-electron chi connectivity index (χ3n) is 1.98. The van der Waals surface area contributed by atoms with Crippen molar-refractivity contribution in [1.29, 1.82) is 5.26 Å². The summed E-state index contributed by atoms with van der Waals surface area (Å²) in [4.78, 5) is 11.3. The average Bonchev–Trinajstić information content (AvgIpc) is 2.11. The van der Waals surface area contributed by atoms with Gasteiger partial charge in [-0.1, -0.05) is 13.8 Å². The van der Waals surface area contributed by atoms with Crippen molar-refractivity contribution in [3.05, 3.63) is 0 Å². The summed E-state index contributed by atoms with van der Waals surface area (Å²) in [6.07, 6.45) is 1.46. The highest BCUT2D eigenvalue weighted by Crippen LogP contribution is 2.11.